The van der Waals surface area contributed by atoms with E-state index in [1.807, 2.05) is 20.8 Å². The number of hydrogen-bond acceptors (Lipinski definition) is 3. The van der Waals surface area contributed by atoms with E-state index in [2.05, 4.69) is 22.2 Å². The molecule has 0 spiro atoms. The number of rotatable bonds is 3. The van der Waals surface area contributed by atoms with E-state index in [1.165, 1.54) is 12.1 Å². The van der Waals surface area contributed by atoms with Gasteiger partial charge < -0.3 is 5.32 Å². The molecule has 0 aromatic rings. The second-order valence-corrected chi connectivity index (χ2v) is 3.96. The summed E-state index contributed by atoms with van der Waals surface area (Å²) in [5, 5.41) is 11.3. The van der Waals surface area contributed by atoms with Gasteiger partial charge in [0.25, 0.3) is 5.91 Å². The van der Waals surface area contributed by atoms with Gasteiger partial charge in [-0.3, -0.25) is 4.79 Å². The summed E-state index contributed by atoms with van der Waals surface area (Å²) in [4.78, 5) is 11.5. The molecule has 0 saturated carbocycles. The molecule has 0 rings (SSSR count). The van der Waals surface area contributed by atoms with E-state index in [9.17, 15) is 4.79 Å². The standard InChI is InChI=1S/C9H18N4O/c1-7(13(6)12-10-5)8(14)11-9(2,3)4/h1H2,2-6H3,(H,11,14)/b12-10-. The smallest absolute Gasteiger partial charge is 0.269 e. The Morgan fingerprint density at radius 2 is 1.93 bits per heavy atom. The molecule has 0 saturated heterocycles. The Bertz CT molecular complexity index is 252. The Morgan fingerprint density at radius 1 is 1.43 bits per heavy atom. The molecular weight excluding hydrogens is 180 g/mol. The Labute approximate surface area is 84.9 Å². The molecule has 1 amide bonds. The largest absolute Gasteiger partial charge is 0.346 e. The molecule has 0 unspecified atom stereocenters. The van der Waals surface area contributed by atoms with Crippen molar-refractivity contribution in [1.29, 1.82) is 0 Å². The van der Waals surface area contributed by atoms with Crippen molar-refractivity contribution in [3.05, 3.63) is 12.3 Å². The van der Waals surface area contributed by atoms with Gasteiger partial charge in [0.2, 0.25) is 0 Å². The monoisotopic (exact) mass is 198 g/mol. The number of carbonyl (C=O) groups is 1. The van der Waals surface area contributed by atoms with E-state index in [0.717, 1.165) is 0 Å². The summed E-state index contributed by atoms with van der Waals surface area (Å²) in [5.41, 5.74) is -0.00459. The van der Waals surface area contributed by atoms with Crippen LogP contribution in [0.2, 0.25) is 0 Å². The zero-order valence-corrected chi connectivity index (χ0v) is 9.46. The summed E-state index contributed by atoms with van der Waals surface area (Å²) in [6.45, 7) is 9.32. The highest BCUT2D eigenvalue weighted by atomic mass is 16.2. The van der Waals surface area contributed by atoms with Crippen LogP contribution in [-0.2, 0) is 4.79 Å². The molecule has 80 valence electrons. The Kier molecular flexibility index (Phi) is 4.27. The molecule has 1 N–H and O–H groups in total. The minimum absolute atomic E-state index is 0.243. The topological polar surface area (TPSA) is 57.1 Å². The fourth-order valence-corrected chi connectivity index (χ4v) is 0.748. The maximum absolute atomic E-state index is 11.5. The van der Waals surface area contributed by atoms with E-state index >= 15 is 0 Å². The predicted molar refractivity (Wildman–Crippen MR) is 55.6 cm³/mol. The molecule has 0 aliphatic carbocycles. The summed E-state index contributed by atoms with van der Waals surface area (Å²) in [5.74, 6) is -0.243. The van der Waals surface area contributed by atoms with Crippen LogP contribution >= 0.6 is 0 Å². The zero-order chi connectivity index (χ0) is 11.4. The van der Waals surface area contributed by atoms with Gasteiger partial charge >= 0.3 is 0 Å². The average Bonchev–Trinajstić information content (AvgIpc) is 2.00. The maximum Gasteiger partial charge on any atom is 0.269 e. The molecule has 0 heterocycles. The van der Waals surface area contributed by atoms with Gasteiger partial charge in [-0.15, -0.1) is 0 Å². The van der Waals surface area contributed by atoms with E-state index in [4.69, 9.17) is 0 Å². The first-order chi connectivity index (χ1) is 6.28. The molecule has 0 aliphatic rings. The maximum atomic E-state index is 11.5. The van der Waals surface area contributed by atoms with Crippen LogP contribution in [-0.4, -0.2) is 30.6 Å². The van der Waals surface area contributed by atoms with Crippen molar-refractivity contribution in [2.75, 3.05) is 14.1 Å². The van der Waals surface area contributed by atoms with Crippen LogP contribution in [0.5, 0.6) is 0 Å². The second-order valence-electron chi connectivity index (χ2n) is 3.96. The quantitative estimate of drug-likeness (QED) is 0.422. The van der Waals surface area contributed by atoms with Crippen molar-refractivity contribution in [2.24, 2.45) is 10.3 Å². The van der Waals surface area contributed by atoms with Crippen molar-refractivity contribution in [3.8, 4) is 0 Å². The van der Waals surface area contributed by atoms with Crippen LogP contribution in [0.25, 0.3) is 0 Å². The Balaban J connectivity index is 4.34. The summed E-state index contributed by atoms with van der Waals surface area (Å²) in [6.07, 6.45) is 0. The number of nitrogens with zero attached hydrogens (tertiary/aromatic N) is 3. The normalized spacial score (nSPS) is 11.5. The molecule has 5 nitrogen and oxygen atoms in total. The molecule has 14 heavy (non-hydrogen) atoms. The van der Waals surface area contributed by atoms with Gasteiger partial charge in [0.1, 0.15) is 5.70 Å². The average molecular weight is 198 g/mol. The third-order valence-corrected chi connectivity index (χ3v) is 1.36. The molecular formula is C9H18N4O. The third-order valence-electron chi connectivity index (χ3n) is 1.36. The lowest BCUT2D eigenvalue weighted by molar-refractivity contribution is -0.120. The lowest BCUT2D eigenvalue weighted by Crippen LogP contribution is -2.43. The van der Waals surface area contributed by atoms with Crippen LogP contribution in [0.3, 0.4) is 0 Å². The number of amides is 1. The highest BCUT2D eigenvalue weighted by Gasteiger charge is 2.18. The molecule has 0 radical (unpaired) electrons. The predicted octanol–water partition coefficient (Wildman–Crippen LogP) is 1.34. The van der Waals surface area contributed by atoms with Crippen LogP contribution < -0.4 is 5.32 Å². The third kappa shape index (κ3) is 4.59. The summed E-state index contributed by atoms with van der Waals surface area (Å²) < 4.78 is 0. The van der Waals surface area contributed by atoms with Gasteiger partial charge in [-0.1, -0.05) is 11.8 Å². The van der Waals surface area contributed by atoms with E-state index in [1.54, 1.807) is 7.05 Å². The summed E-state index contributed by atoms with van der Waals surface area (Å²) in [6, 6.07) is 0. The number of likely N-dealkylation sites (N-methyl/N-ethyl adjacent to an activating group) is 1. The minimum Gasteiger partial charge on any atom is -0.346 e. The Hall–Kier alpha value is -1.39. The molecule has 5 heteroatoms. The molecule has 0 aromatic heterocycles. The van der Waals surface area contributed by atoms with Gasteiger partial charge in [-0.25, -0.2) is 5.01 Å². The van der Waals surface area contributed by atoms with E-state index in [0.29, 0.717) is 0 Å². The SMILES string of the molecule is C=C(C(=O)NC(C)(C)C)N(C)/N=N\C. The first-order valence-electron chi connectivity index (χ1n) is 4.33. The fourth-order valence-electron chi connectivity index (χ4n) is 0.748. The molecule has 0 bridgehead atoms. The summed E-state index contributed by atoms with van der Waals surface area (Å²) in [7, 11) is 3.16. The number of nitrogens with one attached hydrogen (secondary N) is 1. The fraction of sp³-hybridized carbons (Fsp3) is 0.667. The molecule has 0 aromatic carbocycles. The number of carbonyl (C=O) groups excluding carboxylic acids is 1. The highest BCUT2D eigenvalue weighted by Crippen LogP contribution is 2.04. The van der Waals surface area contributed by atoms with Crippen LogP contribution in [0.1, 0.15) is 20.8 Å². The van der Waals surface area contributed by atoms with Crippen molar-refractivity contribution in [2.45, 2.75) is 26.3 Å². The van der Waals surface area contributed by atoms with E-state index < -0.39 is 0 Å². The van der Waals surface area contributed by atoms with Gasteiger partial charge in [-0.05, 0) is 20.8 Å². The number of hydrogen-bond donors (Lipinski definition) is 1. The second kappa shape index (κ2) is 4.74. The first kappa shape index (κ1) is 12.6. The van der Waals surface area contributed by atoms with Gasteiger partial charge in [0.15, 0.2) is 0 Å². The lowest BCUT2D eigenvalue weighted by Gasteiger charge is -2.22. The van der Waals surface area contributed by atoms with Crippen molar-refractivity contribution < 1.29 is 4.79 Å². The molecule has 0 fully saturated rings. The van der Waals surface area contributed by atoms with Gasteiger partial charge in [0, 0.05) is 12.6 Å². The minimum atomic E-state index is -0.274. The van der Waals surface area contributed by atoms with Crippen molar-refractivity contribution in [1.82, 2.24) is 10.3 Å². The van der Waals surface area contributed by atoms with Gasteiger partial charge in [-0.2, -0.15) is 5.11 Å². The first-order valence-corrected chi connectivity index (χ1v) is 4.33. The van der Waals surface area contributed by atoms with Crippen LogP contribution in [0.15, 0.2) is 22.6 Å². The van der Waals surface area contributed by atoms with Gasteiger partial charge in [0.05, 0.1) is 7.05 Å². The van der Waals surface area contributed by atoms with Crippen LogP contribution in [0, 0.1) is 0 Å². The van der Waals surface area contributed by atoms with E-state index in [-0.39, 0.29) is 17.1 Å². The molecule has 0 aliphatic heterocycles. The van der Waals surface area contributed by atoms with Crippen molar-refractivity contribution in [3.63, 3.8) is 0 Å². The van der Waals surface area contributed by atoms with Crippen LogP contribution in [0.4, 0.5) is 0 Å². The zero-order valence-electron chi connectivity index (χ0n) is 9.46. The molecule has 0 atom stereocenters. The lowest BCUT2D eigenvalue weighted by atomic mass is 10.1. The van der Waals surface area contributed by atoms with Crippen molar-refractivity contribution >= 4 is 5.91 Å². The summed E-state index contributed by atoms with van der Waals surface area (Å²) >= 11 is 0. The Morgan fingerprint density at radius 3 is 2.29 bits per heavy atom. The highest BCUT2D eigenvalue weighted by molar-refractivity contribution is 5.92.